The second kappa shape index (κ2) is 10.2. The maximum absolute atomic E-state index is 13.0. The predicted molar refractivity (Wildman–Crippen MR) is 132 cm³/mol. The molecule has 1 atom stereocenters. The third kappa shape index (κ3) is 5.54. The van der Waals surface area contributed by atoms with Crippen LogP contribution in [0.5, 0.6) is 0 Å². The summed E-state index contributed by atoms with van der Waals surface area (Å²) in [4.78, 5) is 31.6. The minimum absolute atomic E-state index is 0.0184. The van der Waals surface area contributed by atoms with Crippen LogP contribution in [-0.2, 0) is 19.6 Å². The van der Waals surface area contributed by atoms with Crippen LogP contribution in [0, 0.1) is 0 Å². The molecule has 0 aromatic heterocycles. The van der Waals surface area contributed by atoms with Gasteiger partial charge in [0.05, 0.1) is 11.4 Å². The Morgan fingerprint density at radius 2 is 1.74 bits per heavy atom. The van der Waals surface area contributed by atoms with E-state index in [1.807, 2.05) is 0 Å². The van der Waals surface area contributed by atoms with E-state index in [4.69, 9.17) is 11.6 Å². The van der Waals surface area contributed by atoms with E-state index < -0.39 is 16.1 Å². The fourth-order valence-corrected chi connectivity index (χ4v) is 6.01. The van der Waals surface area contributed by atoms with Crippen LogP contribution in [0.1, 0.15) is 26.7 Å². The fourth-order valence-electron chi connectivity index (χ4n) is 4.57. The van der Waals surface area contributed by atoms with Crippen LogP contribution in [0.15, 0.2) is 41.3 Å². The van der Waals surface area contributed by atoms with Gasteiger partial charge in [-0.3, -0.25) is 14.5 Å². The Morgan fingerprint density at radius 3 is 2.44 bits per heavy atom. The van der Waals surface area contributed by atoms with E-state index in [1.54, 1.807) is 35.2 Å². The molecule has 1 N–H and O–H groups in total. The molecular weight excluding hydrogens is 476 g/mol. The predicted octanol–water partition coefficient (Wildman–Crippen LogP) is 2.32. The molecule has 0 radical (unpaired) electrons. The molecule has 4 rings (SSSR count). The van der Waals surface area contributed by atoms with Crippen LogP contribution in [-0.4, -0.2) is 86.3 Å². The van der Waals surface area contributed by atoms with Crippen LogP contribution in [0.4, 0.5) is 0 Å². The Kier molecular flexibility index (Phi) is 7.47. The summed E-state index contributed by atoms with van der Waals surface area (Å²) < 4.78 is 28.6. The lowest BCUT2D eigenvalue weighted by molar-refractivity contribution is -0.144. The third-order valence-corrected chi connectivity index (χ3v) is 8.34. The van der Waals surface area contributed by atoms with Crippen molar-refractivity contribution in [2.45, 2.75) is 43.7 Å². The number of benzene rings is 2. The molecular formula is C24H31ClN4O4S. The fraction of sp³-hybridized carbons (Fsp3) is 0.500. The summed E-state index contributed by atoms with van der Waals surface area (Å²) in [5.41, 5.74) is 0. The van der Waals surface area contributed by atoms with Gasteiger partial charge in [-0.25, -0.2) is 8.42 Å². The van der Waals surface area contributed by atoms with Crippen molar-refractivity contribution in [1.82, 2.24) is 19.4 Å². The van der Waals surface area contributed by atoms with Crippen molar-refractivity contribution >= 4 is 44.2 Å². The molecule has 0 aliphatic carbocycles. The Labute approximate surface area is 205 Å². The first-order valence-electron chi connectivity index (χ1n) is 11.7. The average Bonchev–Trinajstić information content (AvgIpc) is 2.81. The van der Waals surface area contributed by atoms with Crippen molar-refractivity contribution in [2.24, 2.45) is 0 Å². The molecule has 0 saturated carbocycles. The van der Waals surface area contributed by atoms with E-state index in [-0.39, 0.29) is 23.3 Å². The summed E-state index contributed by atoms with van der Waals surface area (Å²) in [6, 6.07) is 9.56. The van der Waals surface area contributed by atoms with Crippen molar-refractivity contribution in [3.8, 4) is 0 Å². The standard InChI is InChI=1S/C24H31ClN4O4S/c1-17(2)27-10-12-28(13-11-27)23(30)16-29-9-3-4-22(24(29)31)26-34(32,33)21-8-6-18-14-20(25)7-5-19(18)15-21/h5-8,14-15,17,22,26H,3-4,9-13,16H2,1-2H3/t22-/m0/s1. The molecule has 2 saturated heterocycles. The number of nitrogens with zero attached hydrogens (tertiary/aromatic N) is 3. The minimum atomic E-state index is -3.91. The summed E-state index contributed by atoms with van der Waals surface area (Å²) in [7, 11) is -3.91. The van der Waals surface area contributed by atoms with Gasteiger partial charge in [0, 0.05) is 43.8 Å². The highest BCUT2D eigenvalue weighted by atomic mass is 35.5. The number of rotatable bonds is 6. The zero-order valence-corrected chi connectivity index (χ0v) is 21.1. The van der Waals surface area contributed by atoms with Gasteiger partial charge in [-0.2, -0.15) is 4.72 Å². The van der Waals surface area contributed by atoms with Crippen LogP contribution in [0.3, 0.4) is 0 Å². The molecule has 2 aliphatic rings. The lowest BCUT2D eigenvalue weighted by Crippen LogP contribution is -2.56. The van der Waals surface area contributed by atoms with Crippen molar-refractivity contribution in [3.05, 3.63) is 41.4 Å². The average molecular weight is 507 g/mol. The molecule has 0 bridgehead atoms. The van der Waals surface area contributed by atoms with Crippen LogP contribution >= 0.6 is 11.6 Å². The summed E-state index contributed by atoms with van der Waals surface area (Å²) >= 11 is 6.01. The number of halogens is 1. The summed E-state index contributed by atoms with van der Waals surface area (Å²) in [6.07, 6.45) is 1.03. The number of piperidine rings is 1. The largest absolute Gasteiger partial charge is 0.339 e. The molecule has 2 aliphatic heterocycles. The van der Waals surface area contributed by atoms with Crippen LogP contribution in [0.2, 0.25) is 5.02 Å². The zero-order chi connectivity index (χ0) is 24.5. The van der Waals surface area contributed by atoms with Gasteiger partial charge in [-0.1, -0.05) is 23.7 Å². The van der Waals surface area contributed by atoms with E-state index in [0.717, 1.165) is 23.9 Å². The maximum atomic E-state index is 13.0. The molecule has 2 amide bonds. The van der Waals surface area contributed by atoms with E-state index in [2.05, 4.69) is 23.5 Å². The first-order valence-corrected chi connectivity index (χ1v) is 13.5. The molecule has 34 heavy (non-hydrogen) atoms. The molecule has 0 spiro atoms. The quantitative estimate of drug-likeness (QED) is 0.649. The SMILES string of the molecule is CC(C)N1CCN(C(=O)CN2CCC[C@H](NS(=O)(=O)c3ccc4cc(Cl)ccc4c3)C2=O)CC1. The van der Waals surface area contributed by atoms with Gasteiger partial charge in [-0.05, 0) is 61.7 Å². The molecule has 8 nitrogen and oxygen atoms in total. The van der Waals surface area contributed by atoms with Gasteiger partial charge in [0.15, 0.2) is 0 Å². The molecule has 2 aromatic rings. The molecule has 2 fully saturated rings. The number of nitrogens with one attached hydrogen (secondary N) is 1. The molecule has 10 heteroatoms. The zero-order valence-electron chi connectivity index (χ0n) is 19.5. The van der Waals surface area contributed by atoms with E-state index in [0.29, 0.717) is 43.5 Å². The maximum Gasteiger partial charge on any atom is 0.242 e. The number of sulfonamides is 1. The number of piperazine rings is 1. The smallest absolute Gasteiger partial charge is 0.242 e. The number of carbonyl (C=O) groups is 2. The Hall–Kier alpha value is -2.20. The molecule has 2 heterocycles. The van der Waals surface area contributed by atoms with E-state index in [1.165, 1.54) is 11.0 Å². The number of fused-ring (bicyclic) bond motifs is 1. The number of hydrogen-bond acceptors (Lipinski definition) is 5. The first-order chi connectivity index (χ1) is 16.1. The summed E-state index contributed by atoms with van der Waals surface area (Å²) in [5.74, 6) is -0.440. The Balaban J connectivity index is 1.40. The molecule has 184 valence electrons. The minimum Gasteiger partial charge on any atom is -0.339 e. The molecule has 2 aromatic carbocycles. The monoisotopic (exact) mass is 506 g/mol. The van der Waals surface area contributed by atoms with Gasteiger partial charge in [0.25, 0.3) is 0 Å². The number of likely N-dealkylation sites (tertiary alicyclic amines) is 1. The van der Waals surface area contributed by atoms with Crippen LogP contribution < -0.4 is 4.72 Å². The van der Waals surface area contributed by atoms with Gasteiger partial charge in [0.2, 0.25) is 21.8 Å². The number of amides is 2. The highest BCUT2D eigenvalue weighted by molar-refractivity contribution is 7.89. The van der Waals surface area contributed by atoms with Gasteiger partial charge in [0.1, 0.15) is 6.04 Å². The van der Waals surface area contributed by atoms with Crippen molar-refractivity contribution in [1.29, 1.82) is 0 Å². The van der Waals surface area contributed by atoms with Gasteiger partial charge in [-0.15, -0.1) is 0 Å². The highest BCUT2D eigenvalue weighted by Gasteiger charge is 2.34. The van der Waals surface area contributed by atoms with Crippen molar-refractivity contribution < 1.29 is 18.0 Å². The normalized spacial score (nSPS) is 20.4. The topological polar surface area (TPSA) is 90.0 Å². The first kappa shape index (κ1) is 24.9. The second-order valence-corrected chi connectivity index (χ2v) is 11.4. The van der Waals surface area contributed by atoms with Gasteiger partial charge >= 0.3 is 0 Å². The molecule has 0 unspecified atom stereocenters. The summed E-state index contributed by atoms with van der Waals surface area (Å²) in [6.45, 7) is 7.62. The third-order valence-electron chi connectivity index (χ3n) is 6.64. The highest BCUT2D eigenvalue weighted by Crippen LogP contribution is 2.23. The number of carbonyl (C=O) groups excluding carboxylic acids is 2. The second-order valence-electron chi connectivity index (χ2n) is 9.24. The lowest BCUT2D eigenvalue weighted by Gasteiger charge is -2.38. The van der Waals surface area contributed by atoms with Gasteiger partial charge < -0.3 is 9.80 Å². The van der Waals surface area contributed by atoms with E-state index in [9.17, 15) is 18.0 Å². The Morgan fingerprint density at radius 1 is 1.06 bits per heavy atom. The lowest BCUT2D eigenvalue weighted by atomic mass is 10.1. The van der Waals surface area contributed by atoms with Crippen LogP contribution in [0.25, 0.3) is 10.8 Å². The van der Waals surface area contributed by atoms with Crippen molar-refractivity contribution in [3.63, 3.8) is 0 Å². The summed E-state index contributed by atoms with van der Waals surface area (Å²) in [5, 5.41) is 2.15. The number of hydrogen-bond donors (Lipinski definition) is 1. The van der Waals surface area contributed by atoms with E-state index >= 15 is 0 Å². The van der Waals surface area contributed by atoms with Crippen molar-refractivity contribution in [2.75, 3.05) is 39.3 Å². The Bertz CT molecular complexity index is 1180.